The van der Waals surface area contributed by atoms with Crippen molar-refractivity contribution in [2.24, 2.45) is 0 Å². The van der Waals surface area contributed by atoms with Crippen molar-refractivity contribution in [3.63, 3.8) is 0 Å². The molecular weight excluding hydrogens is 478 g/mol. The molecule has 8 rings (SSSR count). The Hall–Kier alpha value is -3.84. The van der Waals surface area contributed by atoms with Crippen LogP contribution < -0.4 is 11.1 Å². The van der Waals surface area contributed by atoms with E-state index in [2.05, 4.69) is 24.4 Å². The van der Waals surface area contributed by atoms with Gasteiger partial charge in [0.25, 0.3) is 5.91 Å². The number of nitrogens with two attached hydrogens (primary N) is 1. The van der Waals surface area contributed by atoms with Gasteiger partial charge in [0.1, 0.15) is 0 Å². The van der Waals surface area contributed by atoms with Crippen molar-refractivity contribution in [2.45, 2.75) is 52.2 Å². The van der Waals surface area contributed by atoms with Gasteiger partial charge in [-0.25, -0.2) is 0 Å². The summed E-state index contributed by atoms with van der Waals surface area (Å²) >= 11 is 0. The maximum atomic E-state index is 13.4. The van der Waals surface area contributed by atoms with E-state index in [-0.39, 0.29) is 18.2 Å². The topological polar surface area (TPSA) is 105 Å². The second-order valence-electron chi connectivity index (χ2n) is 10.4. The molecule has 7 bridgehead atoms. The number of aliphatic carboxylic acids is 1. The summed E-state index contributed by atoms with van der Waals surface area (Å²) in [5.74, 6) is -1.21. The maximum Gasteiger partial charge on any atom is 0.304 e. The molecule has 0 spiro atoms. The highest BCUT2D eigenvalue weighted by Gasteiger charge is 2.27. The van der Waals surface area contributed by atoms with Crippen LogP contribution in [0.25, 0.3) is 0 Å². The van der Waals surface area contributed by atoms with Crippen LogP contribution in [-0.4, -0.2) is 41.6 Å². The molecule has 0 saturated heterocycles. The minimum absolute atomic E-state index is 0.00410. The van der Waals surface area contributed by atoms with Gasteiger partial charge in [0.2, 0.25) is 0 Å². The van der Waals surface area contributed by atoms with E-state index < -0.39 is 5.97 Å². The summed E-state index contributed by atoms with van der Waals surface area (Å²) in [6.45, 7) is 6.98. The lowest BCUT2D eigenvalue weighted by atomic mass is 9.82. The van der Waals surface area contributed by atoms with Gasteiger partial charge in [-0.1, -0.05) is 30.3 Å². The molecule has 7 nitrogen and oxygen atoms in total. The van der Waals surface area contributed by atoms with Crippen LogP contribution in [0.15, 0.2) is 48.5 Å². The Balaban J connectivity index is 1.58. The lowest BCUT2D eigenvalue weighted by molar-refractivity contribution is -0.137. The fraction of sp³-hybridized carbons (Fsp3) is 0.355. The monoisotopic (exact) mass is 513 g/mol. The highest BCUT2D eigenvalue weighted by molar-refractivity contribution is 5.94. The SMILES string of the molecule is Cc1cc2cc3c1CCN(C3)C(=O)c1ccc(cc1)COCCCNc1ccc(c(C)c1N)C2CC(=O)O. The Labute approximate surface area is 223 Å². The smallest absolute Gasteiger partial charge is 0.304 e. The Kier molecular flexibility index (Phi) is 7.38. The van der Waals surface area contributed by atoms with Crippen molar-refractivity contribution in [3.05, 3.63) is 93.0 Å². The number of carbonyl (C=O) groups is 2. The Bertz CT molecular complexity index is 1370. The molecular formula is C31H35N3O4. The van der Waals surface area contributed by atoms with Gasteiger partial charge < -0.3 is 25.8 Å². The number of nitrogens with zero attached hydrogens (tertiary/aromatic N) is 1. The van der Waals surface area contributed by atoms with E-state index in [9.17, 15) is 14.7 Å². The van der Waals surface area contributed by atoms with Crippen molar-refractivity contribution < 1.29 is 19.4 Å². The van der Waals surface area contributed by atoms with E-state index in [1.807, 2.05) is 48.2 Å². The van der Waals surface area contributed by atoms with Gasteiger partial charge in [0.05, 0.1) is 24.4 Å². The van der Waals surface area contributed by atoms with Crippen LogP contribution in [0.4, 0.5) is 11.4 Å². The molecule has 1 unspecified atom stereocenters. The van der Waals surface area contributed by atoms with E-state index in [0.717, 1.165) is 51.9 Å². The molecule has 38 heavy (non-hydrogen) atoms. The van der Waals surface area contributed by atoms with Gasteiger partial charge in [-0.3, -0.25) is 9.59 Å². The van der Waals surface area contributed by atoms with E-state index in [1.165, 1.54) is 5.56 Å². The third-order valence-corrected chi connectivity index (χ3v) is 7.83. The number of ether oxygens (including phenoxy) is 1. The van der Waals surface area contributed by atoms with Gasteiger partial charge in [-0.15, -0.1) is 0 Å². The Morgan fingerprint density at radius 3 is 2.71 bits per heavy atom. The van der Waals surface area contributed by atoms with Crippen LogP contribution in [-0.2, 0) is 29.1 Å². The number of nitrogen functional groups attached to an aromatic ring is 1. The minimum atomic E-state index is -0.865. The molecule has 0 fully saturated rings. The number of carboxylic acid groups (broad SMARTS) is 1. The molecule has 4 N–H and O–H groups in total. The predicted octanol–water partition coefficient (Wildman–Crippen LogP) is 5.02. The minimum Gasteiger partial charge on any atom is -0.481 e. The summed E-state index contributed by atoms with van der Waals surface area (Å²) in [6.07, 6.45) is 1.54. The number of rotatable bonds is 2. The fourth-order valence-corrected chi connectivity index (χ4v) is 5.70. The molecule has 198 valence electrons. The van der Waals surface area contributed by atoms with Crippen molar-refractivity contribution in [2.75, 3.05) is 30.7 Å². The van der Waals surface area contributed by atoms with Gasteiger partial charge >= 0.3 is 5.97 Å². The molecule has 1 atom stereocenters. The number of benzene rings is 3. The standard InChI is InChI=1S/C31H35N3O4/c1-19-14-23-15-24-17-34(12-10-25(19)24)31(37)22-6-4-21(5-7-22)18-38-13-3-11-33-28-9-8-26(20(2)30(28)32)27(23)16-29(35)36/h4-9,14-15,27,33H,3,10-13,16-18,32H2,1-2H3,(H,35,36). The highest BCUT2D eigenvalue weighted by atomic mass is 16.5. The van der Waals surface area contributed by atoms with E-state index in [4.69, 9.17) is 10.5 Å². The third kappa shape index (κ3) is 5.24. The molecule has 1 amide bonds. The Morgan fingerprint density at radius 1 is 1.16 bits per heavy atom. The molecule has 5 heterocycles. The first-order valence-corrected chi connectivity index (χ1v) is 13.2. The van der Waals surface area contributed by atoms with E-state index >= 15 is 0 Å². The molecule has 3 aromatic carbocycles. The molecule has 7 heteroatoms. The van der Waals surface area contributed by atoms with Gasteiger partial charge in [0.15, 0.2) is 0 Å². The number of amides is 1. The predicted molar refractivity (Wildman–Crippen MR) is 149 cm³/mol. The first kappa shape index (κ1) is 25.8. The van der Waals surface area contributed by atoms with Crippen LogP contribution >= 0.6 is 0 Å². The first-order valence-electron chi connectivity index (χ1n) is 13.2. The quantitative estimate of drug-likeness (QED) is 0.416. The largest absolute Gasteiger partial charge is 0.481 e. The zero-order valence-corrected chi connectivity index (χ0v) is 22.0. The molecule has 0 radical (unpaired) electrons. The van der Waals surface area contributed by atoms with Gasteiger partial charge in [0, 0.05) is 37.7 Å². The molecule has 0 aromatic heterocycles. The average molecular weight is 514 g/mol. The van der Waals surface area contributed by atoms with Crippen molar-refractivity contribution >= 4 is 23.3 Å². The highest BCUT2D eigenvalue weighted by Crippen LogP contribution is 2.38. The lowest BCUT2D eigenvalue weighted by Crippen LogP contribution is -2.36. The zero-order valence-electron chi connectivity index (χ0n) is 22.0. The van der Waals surface area contributed by atoms with E-state index in [0.29, 0.717) is 44.1 Å². The van der Waals surface area contributed by atoms with Crippen LogP contribution in [0.1, 0.15) is 68.1 Å². The number of hydrogen-bond acceptors (Lipinski definition) is 5. The summed E-state index contributed by atoms with van der Waals surface area (Å²) in [4.78, 5) is 27.2. The second-order valence-corrected chi connectivity index (χ2v) is 10.4. The summed E-state index contributed by atoms with van der Waals surface area (Å²) in [6, 6.07) is 15.8. The van der Waals surface area contributed by atoms with Crippen LogP contribution in [0, 0.1) is 13.8 Å². The fourth-order valence-electron chi connectivity index (χ4n) is 5.70. The number of carbonyl (C=O) groups excluding carboxylic acids is 1. The number of aryl methyl sites for hydroxylation is 1. The van der Waals surface area contributed by atoms with Crippen molar-refractivity contribution in [1.82, 2.24) is 4.90 Å². The summed E-state index contributed by atoms with van der Waals surface area (Å²) < 4.78 is 5.84. The summed E-state index contributed by atoms with van der Waals surface area (Å²) in [5.41, 5.74) is 15.9. The number of anilines is 2. The summed E-state index contributed by atoms with van der Waals surface area (Å²) in [5, 5.41) is 13.2. The number of hydrogen-bond donors (Lipinski definition) is 3. The van der Waals surface area contributed by atoms with Gasteiger partial charge in [-0.2, -0.15) is 0 Å². The van der Waals surface area contributed by atoms with Gasteiger partial charge in [-0.05, 0) is 83.8 Å². The maximum absolute atomic E-state index is 13.4. The van der Waals surface area contributed by atoms with Crippen LogP contribution in [0.2, 0.25) is 0 Å². The first-order chi connectivity index (χ1) is 18.3. The number of nitrogens with one attached hydrogen (secondary N) is 1. The van der Waals surface area contributed by atoms with Crippen molar-refractivity contribution in [1.29, 1.82) is 0 Å². The Morgan fingerprint density at radius 2 is 1.95 bits per heavy atom. The summed E-state index contributed by atoms with van der Waals surface area (Å²) in [7, 11) is 0. The molecule has 0 aliphatic carbocycles. The zero-order chi connectivity index (χ0) is 26.8. The molecule has 3 aromatic rings. The van der Waals surface area contributed by atoms with E-state index in [1.54, 1.807) is 0 Å². The van der Waals surface area contributed by atoms with Crippen molar-refractivity contribution in [3.8, 4) is 0 Å². The normalized spacial score (nSPS) is 17.8. The van der Waals surface area contributed by atoms with Crippen LogP contribution in [0.3, 0.4) is 0 Å². The molecule has 0 saturated carbocycles. The molecule has 5 aliphatic heterocycles. The molecule has 5 aliphatic rings. The number of carboxylic acids is 1. The third-order valence-electron chi connectivity index (χ3n) is 7.83. The lowest BCUT2D eigenvalue weighted by Gasteiger charge is -2.31. The van der Waals surface area contributed by atoms with Crippen LogP contribution in [0.5, 0.6) is 0 Å². The average Bonchev–Trinajstić information content (AvgIpc) is 2.91. The second kappa shape index (κ2) is 10.9.